The number of nitrogens with zero attached hydrogens (tertiary/aromatic N) is 5. The maximum atomic E-state index is 15.2. The average molecular weight is 856 g/mol. The Kier molecular flexibility index (Phi) is 13.1. The van der Waals surface area contributed by atoms with Gasteiger partial charge in [0.2, 0.25) is 0 Å². The van der Waals surface area contributed by atoms with E-state index in [-0.39, 0.29) is 23.2 Å². The Balaban J connectivity index is 0.920. The van der Waals surface area contributed by atoms with E-state index in [2.05, 4.69) is 66.5 Å². The summed E-state index contributed by atoms with van der Waals surface area (Å²) in [6.07, 6.45) is 6.28. The van der Waals surface area contributed by atoms with Crippen LogP contribution in [0.3, 0.4) is 0 Å². The number of aromatic nitrogens is 4. The summed E-state index contributed by atoms with van der Waals surface area (Å²) in [7, 11) is 2.08. The van der Waals surface area contributed by atoms with Crippen molar-refractivity contribution in [3.63, 3.8) is 0 Å². The van der Waals surface area contributed by atoms with Gasteiger partial charge < -0.3 is 30.9 Å². The lowest BCUT2D eigenvalue weighted by molar-refractivity contribution is 0.0780. The highest BCUT2D eigenvalue weighted by molar-refractivity contribution is 6.06. The molecule has 326 valence electrons. The summed E-state index contributed by atoms with van der Waals surface area (Å²) in [5.41, 5.74) is 6.16. The summed E-state index contributed by atoms with van der Waals surface area (Å²) >= 11 is 0. The Labute approximate surface area is 364 Å². The first kappa shape index (κ1) is 44.2. The summed E-state index contributed by atoms with van der Waals surface area (Å²) in [5.74, 6) is -2.40. The fraction of sp³-hybridized carbons (Fsp3) is 0.292. The Morgan fingerprint density at radius 3 is 2.48 bits per heavy atom. The van der Waals surface area contributed by atoms with E-state index in [1.807, 2.05) is 25.1 Å². The second-order valence-corrected chi connectivity index (χ2v) is 16.5. The fourth-order valence-electron chi connectivity index (χ4n) is 7.58. The van der Waals surface area contributed by atoms with E-state index < -0.39 is 23.1 Å². The maximum absolute atomic E-state index is 15.2. The van der Waals surface area contributed by atoms with Crippen LogP contribution in [0.15, 0.2) is 91.5 Å². The number of H-pyrrole nitrogens is 1. The van der Waals surface area contributed by atoms with Gasteiger partial charge in [0.1, 0.15) is 23.6 Å². The molecule has 1 aliphatic heterocycles. The SMILES string of the molecule is C=C1CCN(c2cc(C(=O)NCCCCCN(C)Cc3ccc(-c4cc5c(-c6cc(F)cc(NC(=O)c7ccc(C(C)(C)O)cc7F)c6C)ncnc5[nH]4)cc3)cnc2C)C(=O)N1. The highest BCUT2D eigenvalue weighted by Gasteiger charge is 2.25. The molecule has 0 unspecified atom stereocenters. The third kappa shape index (κ3) is 10.3. The average Bonchev–Trinajstić information content (AvgIpc) is 3.68. The van der Waals surface area contributed by atoms with E-state index in [1.54, 1.807) is 17.9 Å². The number of anilines is 2. The monoisotopic (exact) mass is 855 g/mol. The first-order chi connectivity index (χ1) is 30.0. The van der Waals surface area contributed by atoms with Crippen LogP contribution in [-0.2, 0) is 12.1 Å². The minimum Gasteiger partial charge on any atom is -0.386 e. The molecular weight excluding hydrogens is 805 g/mol. The molecule has 0 saturated carbocycles. The number of fused-ring (bicyclic) bond motifs is 1. The summed E-state index contributed by atoms with van der Waals surface area (Å²) in [5, 5.41) is 19.3. The molecule has 13 nitrogen and oxygen atoms in total. The lowest BCUT2D eigenvalue weighted by atomic mass is 9.96. The minimum atomic E-state index is -1.29. The first-order valence-electron chi connectivity index (χ1n) is 20.8. The molecule has 15 heteroatoms. The molecule has 0 atom stereocenters. The number of benzene rings is 3. The summed E-state index contributed by atoms with van der Waals surface area (Å²) in [6.45, 7) is 13.0. The summed E-state index contributed by atoms with van der Waals surface area (Å²) in [4.78, 5) is 59.1. The predicted octanol–water partition coefficient (Wildman–Crippen LogP) is 8.53. The first-order valence-corrected chi connectivity index (χ1v) is 20.8. The van der Waals surface area contributed by atoms with Crippen LogP contribution < -0.4 is 20.9 Å². The van der Waals surface area contributed by atoms with Crippen molar-refractivity contribution < 1.29 is 28.3 Å². The second kappa shape index (κ2) is 18.6. The van der Waals surface area contributed by atoms with Gasteiger partial charge >= 0.3 is 6.03 Å². The van der Waals surface area contributed by atoms with Crippen LogP contribution in [-0.4, -0.2) is 74.5 Å². The standard InChI is InChI=1S/C48H51F2N9O4/c1-28-16-19-59(47(62)55-28)42-20-33(25-52-30(42)3)45(60)51-17-8-7-9-18-58(6)26-31-10-12-32(13-11-31)41-24-38-43(53-27-54-44(38)56-41)37-22-35(49)23-40(29(37)2)57-46(61)36-15-14-34(21-39(36)50)48(4,5)63/h10-15,20-25,27,63H,1,7-9,16-19,26H2,2-6H3,(H,51,60)(H,55,62)(H,57,61)(H,53,54,56). The number of halogens is 2. The maximum Gasteiger partial charge on any atom is 0.326 e. The molecule has 1 saturated heterocycles. The van der Waals surface area contributed by atoms with Crippen molar-refractivity contribution >= 4 is 40.3 Å². The Morgan fingerprint density at radius 2 is 1.75 bits per heavy atom. The van der Waals surface area contributed by atoms with E-state index >= 15 is 4.39 Å². The number of hydrogen-bond acceptors (Lipinski definition) is 8. The van der Waals surface area contributed by atoms with Gasteiger partial charge in [0.25, 0.3) is 11.8 Å². The van der Waals surface area contributed by atoms with Crippen LogP contribution in [0.5, 0.6) is 0 Å². The van der Waals surface area contributed by atoms with Crippen molar-refractivity contribution in [1.82, 2.24) is 35.5 Å². The number of amides is 4. The molecule has 4 heterocycles. The van der Waals surface area contributed by atoms with Crippen molar-refractivity contribution in [3.05, 3.63) is 137 Å². The van der Waals surface area contributed by atoms with Crippen molar-refractivity contribution in [2.75, 3.05) is 36.9 Å². The fourth-order valence-corrected chi connectivity index (χ4v) is 7.58. The number of urea groups is 1. The van der Waals surface area contributed by atoms with Crippen LogP contribution in [0.2, 0.25) is 0 Å². The number of carbonyl (C=O) groups excluding carboxylic acids is 3. The minimum absolute atomic E-state index is 0.165. The molecule has 4 amide bonds. The normalized spacial score (nSPS) is 13.1. The number of nitrogens with one attached hydrogen (secondary N) is 4. The number of hydrogen-bond donors (Lipinski definition) is 5. The molecular formula is C48H51F2N9O4. The zero-order valence-corrected chi connectivity index (χ0v) is 36.0. The molecule has 5 N–H and O–H groups in total. The molecule has 0 spiro atoms. The van der Waals surface area contributed by atoms with Crippen LogP contribution in [0, 0.1) is 25.5 Å². The Bertz CT molecular complexity index is 2710. The lowest BCUT2D eigenvalue weighted by Crippen LogP contribution is -2.45. The molecule has 0 radical (unpaired) electrons. The van der Waals surface area contributed by atoms with E-state index in [4.69, 9.17) is 0 Å². The molecule has 1 fully saturated rings. The van der Waals surface area contributed by atoms with E-state index in [1.165, 1.54) is 50.6 Å². The molecule has 63 heavy (non-hydrogen) atoms. The van der Waals surface area contributed by atoms with Crippen LogP contribution in [0.4, 0.5) is 25.0 Å². The number of pyridine rings is 1. The van der Waals surface area contributed by atoms with Gasteiger partial charge in [-0.15, -0.1) is 0 Å². The number of aryl methyl sites for hydroxylation is 1. The van der Waals surface area contributed by atoms with Crippen molar-refractivity contribution in [2.24, 2.45) is 0 Å². The summed E-state index contributed by atoms with van der Waals surface area (Å²) < 4.78 is 30.1. The van der Waals surface area contributed by atoms with Crippen molar-refractivity contribution in [1.29, 1.82) is 0 Å². The van der Waals surface area contributed by atoms with Crippen LogP contribution in [0.1, 0.15) is 82.6 Å². The number of rotatable bonds is 15. The molecule has 6 aromatic rings. The zero-order valence-electron chi connectivity index (χ0n) is 36.0. The van der Waals surface area contributed by atoms with Gasteiger partial charge in [-0.05, 0) is 113 Å². The molecule has 1 aliphatic rings. The van der Waals surface area contributed by atoms with Gasteiger partial charge in [-0.2, -0.15) is 0 Å². The quantitative estimate of drug-likeness (QED) is 0.0641. The van der Waals surface area contributed by atoms with E-state index in [0.717, 1.165) is 55.2 Å². The molecule has 3 aromatic carbocycles. The highest BCUT2D eigenvalue weighted by Crippen LogP contribution is 2.35. The number of aromatic amines is 1. The molecule has 7 rings (SSSR count). The topological polar surface area (TPSA) is 168 Å². The van der Waals surface area contributed by atoms with Crippen molar-refractivity contribution in [2.45, 2.75) is 65.5 Å². The van der Waals surface area contributed by atoms with Gasteiger partial charge in [0.15, 0.2) is 0 Å². The Morgan fingerprint density at radius 1 is 0.968 bits per heavy atom. The smallest absolute Gasteiger partial charge is 0.326 e. The predicted molar refractivity (Wildman–Crippen MR) is 240 cm³/mol. The largest absolute Gasteiger partial charge is 0.386 e. The third-order valence-electron chi connectivity index (χ3n) is 11.2. The van der Waals surface area contributed by atoms with E-state index in [9.17, 15) is 23.9 Å². The summed E-state index contributed by atoms with van der Waals surface area (Å²) in [6, 6.07) is 18.0. The van der Waals surface area contributed by atoms with Crippen LogP contribution >= 0.6 is 0 Å². The molecule has 3 aromatic heterocycles. The van der Waals surface area contributed by atoms with E-state index in [0.29, 0.717) is 75.6 Å². The van der Waals surface area contributed by atoms with Crippen LogP contribution in [0.25, 0.3) is 33.5 Å². The second-order valence-electron chi connectivity index (χ2n) is 16.5. The number of aliphatic hydroxyl groups is 1. The van der Waals surface area contributed by atoms with Gasteiger partial charge in [-0.1, -0.05) is 43.3 Å². The number of unbranched alkanes of at least 4 members (excludes halogenated alkanes) is 2. The lowest BCUT2D eigenvalue weighted by Gasteiger charge is -2.29. The van der Waals surface area contributed by atoms with Gasteiger partial charge in [-0.3, -0.25) is 19.5 Å². The Hall–Kier alpha value is -6.84. The molecule has 0 aliphatic carbocycles. The molecule has 0 bridgehead atoms. The van der Waals surface area contributed by atoms with Gasteiger partial charge in [-0.25, -0.2) is 23.5 Å². The highest BCUT2D eigenvalue weighted by atomic mass is 19.1. The zero-order chi connectivity index (χ0) is 45.0. The van der Waals surface area contributed by atoms with Gasteiger partial charge in [0.05, 0.1) is 33.8 Å². The van der Waals surface area contributed by atoms with Crippen molar-refractivity contribution in [3.8, 4) is 22.5 Å². The number of carbonyl (C=O) groups is 3. The van der Waals surface area contributed by atoms with Gasteiger partial charge in [0, 0.05) is 60.3 Å². The third-order valence-corrected chi connectivity index (χ3v) is 11.2.